The van der Waals surface area contributed by atoms with Crippen LogP contribution in [0.25, 0.3) is 0 Å². The second-order valence-corrected chi connectivity index (χ2v) is 11.9. The second-order valence-electron chi connectivity index (χ2n) is 6.41. The highest BCUT2D eigenvalue weighted by Crippen LogP contribution is 2.22. The number of rotatable bonds is 6. The first-order valence-corrected chi connectivity index (χ1v) is 10.5. The molecule has 1 unspecified atom stereocenters. The molecule has 1 fully saturated rings. The first kappa shape index (κ1) is 14.5. The van der Waals surface area contributed by atoms with Crippen molar-refractivity contribution < 1.29 is 4.79 Å². The van der Waals surface area contributed by atoms with E-state index < -0.39 is 8.07 Å². The highest BCUT2D eigenvalue weighted by molar-refractivity contribution is 6.76. The quantitative estimate of drug-likeness (QED) is 0.403. The summed E-state index contributed by atoms with van der Waals surface area (Å²) in [5.41, 5.74) is 0. The Hall–Kier alpha value is -0.573. The number of unbranched alkanes of at least 4 members (excludes halogenated alkanes) is 1. The Morgan fingerprint density at radius 1 is 1.35 bits per heavy atom. The molecule has 0 spiro atoms. The van der Waals surface area contributed by atoms with Crippen LogP contribution in [0.5, 0.6) is 0 Å². The van der Waals surface area contributed by atoms with Gasteiger partial charge in [0.1, 0.15) is 0 Å². The lowest BCUT2D eigenvalue weighted by Gasteiger charge is -2.11. The molecule has 0 bridgehead atoms. The summed E-state index contributed by atoms with van der Waals surface area (Å²) in [7, 11) is 1.00. The lowest BCUT2D eigenvalue weighted by atomic mass is 10.0. The highest BCUT2D eigenvalue weighted by atomic mass is 28.3. The van der Waals surface area contributed by atoms with Crippen LogP contribution in [0.4, 0.5) is 0 Å². The van der Waals surface area contributed by atoms with Crippen molar-refractivity contribution in [1.29, 1.82) is 0 Å². The molecule has 1 atom stereocenters. The van der Waals surface area contributed by atoms with E-state index in [1.54, 1.807) is 0 Å². The Bertz CT molecular complexity index is 280. The predicted octanol–water partition coefficient (Wildman–Crippen LogP) is 3.53. The van der Waals surface area contributed by atoms with Crippen LogP contribution >= 0.6 is 0 Å². The molecule has 98 valence electrons. The zero-order valence-electron chi connectivity index (χ0n) is 11.8. The average molecular weight is 253 g/mol. The van der Waals surface area contributed by atoms with Crippen LogP contribution in [0.2, 0.25) is 25.7 Å². The number of likely N-dealkylation sites (tertiary alicyclic amines) is 1. The summed E-state index contributed by atoms with van der Waals surface area (Å²) in [4.78, 5) is 13.5. The molecule has 3 heteroatoms. The number of amides is 1. The van der Waals surface area contributed by atoms with Crippen LogP contribution in [-0.4, -0.2) is 32.5 Å². The van der Waals surface area contributed by atoms with E-state index in [0.29, 0.717) is 11.8 Å². The molecule has 1 aliphatic heterocycles. The number of carbonyl (C=O) groups excluding carboxylic acids is 1. The van der Waals surface area contributed by atoms with Gasteiger partial charge in [0.05, 0.1) is 0 Å². The molecule has 2 nitrogen and oxygen atoms in total. The Labute approximate surface area is 107 Å². The van der Waals surface area contributed by atoms with Gasteiger partial charge in [-0.1, -0.05) is 31.8 Å². The van der Waals surface area contributed by atoms with Crippen LogP contribution in [-0.2, 0) is 4.79 Å². The smallest absolute Gasteiger partial charge is 0.225 e. The van der Waals surface area contributed by atoms with E-state index in [4.69, 9.17) is 0 Å². The van der Waals surface area contributed by atoms with Crippen LogP contribution in [0.3, 0.4) is 0 Å². The van der Waals surface area contributed by atoms with Crippen molar-refractivity contribution >= 4 is 14.0 Å². The summed E-state index contributed by atoms with van der Waals surface area (Å²) < 4.78 is 0. The summed E-state index contributed by atoms with van der Waals surface area (Å²) in [6, 6.07) is 1.28. The van der Waals surface area contributed by atoms with Crippen molar-refractivity contribution in [2.45, 2.75) is 51.4 Å². The normalized spacial score (nSPS) is 21.8. The lowest BCUT2D eigenvalue weighted by Crippen LogP contribution is -2.22. The van der Waals surface area contributed by atoms with E-state index in [1.807, 2.05) is 11.9 Å². The number of allylic oxidation sites excluding steroid dienone is 2. The van der Waals surface area contributed by atoms with E-state index >= 15 is 0 Å². The molecule has 0 aromatic rings. The molecule has 1 heterocycles. The topological polar surface area (TPSA) is 20.3 Å². The molecule has 0 aliphatic carbocycles. The lowest BCUT2D eigenvalue weighted by molar-refractivity contribution is -0.130. The van der Waals surface area contributed by atoms with Crippen molar-refractivity contribution in [2.24, 2.45) is 5.92 Å². The third-order valence-electron chi connectivity index (χ3n) is 3.36. The maximum absolute atomic E-state index is 11.7. The molecule has 17 heavy (non-hydrogen) atoms. The number of carbonyl (C=O) groups is 1. The average Bonchev–Trinajstić information content (AvgIpc) is 2.53. The van der Waals surface area contributed by atoms with Gasteiger partial charge in [0, 0.05) is 27.6 Å². The fourth-order valence-corrected chi connectivity index (χ4v) is 3.07. The number of hydrogen-bond donors (Lipinski definition) is 0. The van der Waals surface area contributed by atoms with Gasteiger partial charge in [0.25, 0.3) is 0 Å². The molecule has 0 saturated carbocycles. The minimum absolute atomic E-state index is 0.311. The standard InChI is InChI=1S/C14H27NOSi/c1-15-11-10-13(14(15)16)9-7-5-6-8-12-17(2,3)4/h6,8,13H,5,7,9-12H2,1-4H3/b8-6+. The van der Waals surface area contributed by atoms with Gasteiger partial charge in [-0.3, -0.25) is 4.79 Å². The monoisotopic (exact) mass is 253 g/mol. The van der Waals surface area contributed by atoms with Gasteiger partial charge in [-0.15, -0.1) is 0 Å². The first-order chi connectivity index (χ1) is 7.90. The van der Waals surface area contributed by atoms with Crippen LogP contribution in [0, 0.1) is 5.92 Å². The molecule has 0 radical (unpaired) electrons. The maximum atomic E-state index is 11.7. The van der Waals surface area contributed by atoms with Gasteiger partial charge in [-0.25, -0.2) is 0 Å². The summed E-state index contributed by atoms with van der Waals surface area (Å²) in [6.45, 7) is 8.13. The molecule has 1 amide bonds. The minimum Gasteiger partial charge on any atom is -0.345 e. The fraction of sp³-hybridized carbons (Fsp3) is 0.786. The molecule has 0 aromatic heterocycles. The van der Waals surface area contributed by atoms with Crippen molar-refractivity contribution in [2.75, 3.05) is 13.6 Å². The van der Waals surface area contributed by atoms with Gasteiger partial charge < -0.3 is 4.90 Å². The van der Waals surface area contributed by atoms with Gasteiger partial charge in [-0.2, -0.15) is 0 Å². The van der Waals surface area contributed by atoms with Gasteiger partial charge in [0.15, 0.2) is 0 Å². The van der Waals surface area contributed by atoms with Crippen molar-refractivity contribution in [1.82, 2.24) is 4.90 Å². The highest BCUT2D eigenvalue weighted by Gasteiger charge is 2.27. The summed E-state index contributed by atoms with van der Waals surface area (Å²) >= 11 is 0. The van der Waals surface area contributed by atoms with E-state index in [2.05, 4.69) is 31.8 Å². The minimum atomic E-state index is -0.911. The maximum Gasteiger partial charge on any atom is 0.225 e. The van der Waals surface area contributed by atoms with E-state index in [-0.39, 0.29) is 0 Å². The SMILES string of the molecule is CN1CCC(CCC/C=C/C[Si](C)(C)C)C1=O. The Kier molecular flexibility index (Phi) is 5.44. The zero-order valence-corrected chi connectivity index (χ0v) is 12.8. The van der Waals surface area contributed by atoms with Gasteiger partial charge in [-0.05, 0) is 31.7 Å². The van der Waals surface area contributed by atoms with Crippen LogP contribution < -0.4 is 0 Å². The Morgan fingerprint density at radius 2 is 2.06 bits per heavy atom. The summed E-state index contributed by atoms with van der Waals surface area (Å²) in [5, 5.41) is 0. The molecular formula is C14H27NOSi. The zero-order chi connectivity index (χ0) is 12.9. The molecule has 1 aliphatic rings. The Morgan fingerprint density at radius 3 is 2.59 bits per heavy atom. The number of hydrogen-bond acceptors (Lipinski definition) is 1. The van der Waals surface area contributed by atoms with E-state index in [0.717, 1.165) is 32.2 Å². The molecular weight excluding hydrogens is 226 g/mol. The van der Waals surface area contributed by atoms with Crippen molar-refractivity contribution in [3.8, 4) is 0 Å². The summed E-state index contributed by atoms with van der Waals surface area (Å²) in [5.74, 6) is 0.668. The molecule has 1 saturated heterocycles. The Balaban J connectivity index is 2.11. The van der Waals surface area contributed by atoms with Gasteiger partial charge in [0.2, 0.25) is 5.91 Å². The molecule has 1 rings (SSSR count). The van der Waals surface area contributed by atoms with Crippen molar-refractivity contribution in [3.63, 3.8) is 0 Å². The van der Waals surface area contributed by atoms with Gasteiger partial charge >= 0.3 is 0 Å². The van der Waals surface area contributed by atoms with E-state index in [9.17, 15) is 4.79 Å². The third-order valence-corrected chi connectivity index (χ3v) is 4.82. The first-order valence-electron chi connectivity index (χ1n) is 6.80. The number of nitrogens with zero attached hydrogens (tertiary/aromatic N) is 1. The van der Waals surface area contributed by atoms with Crippen LogP contribution in [0.1, 0.15) is 25.7 Å². The third kappa shape index (κ3) is 5.53. The molecule has 0 N–H and O–H groups in total. The van der Waals surface area contributed by atoms with Crippen molar-refractivity contribution in [3.05, 3.63) is 12.2 Å². The fourth-order valence-electron chi connectivity index (χ4n) is 2.20. The van der Waals surface area contributed by atoms with E-state index in [1.165, 1.54) is 6.04 Å². The second kappa shape index (κ2) is 6.38. The largest absolute Gasteiger partial charge is 0.345 e. The molecule has 0 aromatic carbocycles. The summed E-state index contributed by atoms with van der Waals surface area (Å²) in [6.07, 6.45) is 9.08. The predicted molar refractivity (Wildman–Crippen MR) is 76.9 cm³/mol. The van der Waals surface area contributed by atoms with Crippen LogP contribution in [0.15, 0.2) is 12.2 Å².